The number of amides is 1. The summed E-state index contributed by atoms with van der Waals surface area (Å²) in [7, 11) is 0. The fourth-order valence-electron chi connectivity index (χ4n) is 3.82. The monoisotopic (exact) mass is 489 g/mol. The Balaban J connectivity index is 1.26. The van der Waals surface area contributed by atoms with Crippen LogP contribution in [0.15, 0.2) is 53.8 Å². The van der Waals surface area contributed by atoms with Gasteiger partial charge in [-0.3, -0.25) is 14.6 Å². The Morgan fingerprint density at radius 3 is 2.64 bits per heavy atom. The predicted octanol–water partition coefficient (Wildman–Crippen LogP) is 1.62. The number of pyridine rings is 2. The Bertz CT molecular complexity index is 1250. The van der Waals surface area contributed by atoms with Gasteiger partial charge in [0.25, 0.3) is 5.56 Å². The zero-order chi connectivity index (χ0) is 25.3. The summed E-state index contributed by atoms with van der Waals surface area (Å²) in [6.07, 6.45) is 6.09. The minimum absolute atomic E-state index is 0.0263. The first kappa shape index (κ1) is 24.8. The van der Waals surface area contributed by atoms with Gasteiger partial charge in [0.1, 0.15) is 23.7 Å². The topological polar surface area (TPSA) is 137 Å². The quantitative estimate of drug-likeness (QED) is 0.444. The molecule has 0 unspecified atom stereocenters. The van der Waals surface area contributed by atoms with Crippen LogP contribution in [0.4, 0.5) is 5.82 Å². The maximum absolute atomic E-state index is 12.7. The summed E-state index contributed by atoms with van der Waals surface area (Å²) in [5.41, 5.74) is 1.47. The van der Waals surface area contributed by atoms with Gasteiger partial charge in [0.15, 0.2) is 0 Å². The molecule has 0 radical (unpaired) electrons. The van der Waals surface area contributed by atoms with Crippen molar-refractivity contribution in [2.45, 2.75) is 19.4 Å². The standard InChI is InChI=1S/C25H27N7O4/c1-18-21(16-29-30-25(18)34)36-22(20-4-7-27-8-5-20)17-35-13-6-24(33)32-11-9-31(10-12-32)23-3-2-19(14-26)15-28-23/h2-5,7-8,15-16,22H,6,9-13,17H2,1H3,(H,30,34)/t22-/m1/s1. The lowest BCUT2D eigenvalue weighted by Gasteiger charge is -2.35. The van der Waals surface area contributed by atoms with Gasteiger partial charge in [-0.25, -0.2) is 10.1 Å². The summed E-state index contributed by atoms with van der Waals surface area (Å²) in [5, 5.41) is 15.1. The predicted molar refractivity (Wildman–Crippen MR) is 130 cm³/mol. The first-order chi connectivity index (χ1) is 17.5. The molecule has 0 bridgehead atoms. The number of nitriles is 1. The summed E-state index contributed by atoms with van der Waals surface area (Å²) < 4.78 is 11.9. The van der Waals surface area contributed by atoms with Crippen LogP contribution < -0.4 is 15.2 Å². The van der Waals surface area contributed by atoms with Gasteiger partial charge in [0.2, 0.25) is 5.91 Å². The number of aromatic amines is 1. The number of hydrogen-bond donors (Lipinski definition) is 1. The Morgan fingerprint density at radius 1 is 1.17 bits per heavy atom. The van der Waals surface area contributed by atoms with Crippen molar-refractivity contribution in [3.8, 4) is 11.8 Å². The zero-order valence-electron chi connectivity index (χ0n) is 20.0. The number of nitrogens with one attached hydrogen (secondary N) is 1. The van der Waals surface area contributed by atoms with Gasteiger partial charge in [-0.2, -0.15) is 10.4 Å². The lowest BCUT2D eigenvalue weighted by Crippen LogP contribution is -2.49. The van der Waals surface area contributed by atoms with E-state index in [9.17, 15) is 9.59 Å². The van der Waals surface area contributed by atoms with Crippen LogP contribution in [0.5, 0.6) is 5.75 Å². The van der Waals surface area contributed by atoms with Crippen molar-refractivity contribution in [2.24, 2.45) is 0 Å². The van der Waals surface area contributed by atoms with E-state index in [-0.39, 0.29) is 31.1 Å². The van der Waals surface area contributed by atoms with Gasteiger partial charge in [0, 0.05) is 44.8 Å². The number of carbonyl (C=O) groups excluding carboxylic acids is 1. The highest BCUT2D eigenvalue weighted by Gasteiger charge is 2.22. The van der Waals surface area contributed by atoms with Crippen LogP contribution in [-0.2, 0) is 9.53 Å². The molecule has 0 spiro atoms. The maximum atomic E-state index is 12.7. The van der Waals surface area contributed by atoms with Crippen molar-refractivity contribution in [2.75, 3.05) is 44.3 Å². The largest absolute Gasteiger partial charge is 0.481 e. The van der Waals surface area contributed by atoms with Crippen molar-refractivity contribution in [3.05, 3.63) is 76.1 Å². The molecule has 0 saturated carbocycles. The van der Waals surface area contributed by atoms with Crippen molar-refractivity contribution in [3.63, 3.8) is 0 Å². The summed E-state index contributed by atoms with van der Waals surface area (Å²) in [4.78, 5) is 36.9. The Labute approximate surface area is 208 Å². The van der Waals surface area contributed by atoms with Gasteiger partial charge in [-0.05, 0) is 36.8 Å². The number of nitrogens with zero attached hydrogens (tertiary/aromatic N) is 6. The smallest absolute Gasteiger partial charge is 0.270 e. The lowest BCUT2D eigenvalue weighted by atomic mass is 10.1. The molecule has 0 aromatic carbocycles. The lowest BCUT2D eigenvalue weighted by molar-refractivity contribution is -0.132. The Kier molecular flexibility index (Phi) is 8.20. The number of anilines is 1. The summed E-state index contributed by atoms with van der Waals surface area (Å²) in [5.74, 6) is 1.20. The van der Waals surface area contributed by atoms with E-state index in [4.69, 9.17) is 14.7 Å². The van der Waals surface area contributed by atoms with E-state index in [1.165, 1.54) is 6.20 Å². The molecule has 1 N–H and O–H groups in total. The van der Waals surface area contributed by atoms with E-state index < -0.39 is 6.10 Å². The summed E-state index contributed by atoms with van der Waals surface area (Å²) in [6, 6.07) is 9.27. The minimum Gasteiger partial charge on any atom is -0.481 e. The number of carbonyl (C=O) groups is 1. The van der Waals surface area contributed by atoms with E-state index >= 15 is 0 Å². The number of piperazine rings is 1. The second-order valence-corrected chi connectivity index (χ2v) is 8.29. The normalized spacial score (nSPS) is 14.2. The van der Waals surface area contributed by atoms with Crippen LogP contribution in [0, 0.1) is 18.3 Å². The highest BCUT2D eigenvalue weighted by atomic mass is 16.5. The fraction of sp³-hybridized carbons (Fsp3) is 0.360. The molecule has 1 aliphatic heterocycles. The molecule has 186 valence electrons. The fourth-order valence-corrected chi connectivity index (χ4v) is 3.82. The maximum Gasteiger partial charge on any atom is 0.270 e. The SMILES string of the molecule is Cc1c(O[C@H](COCCC(=O)N2CCN(c3ccc(C#N)cn3)CC2)c2ccncc2)cn[nH]c1=O. The van der Waals surface area contributed by atoms with Gasteiger partial charge < -0.3 is 19.3 Å². The van der Waals surface area contributed by atoms with Gasteiger partial charge in [0.05, 0.1) is 37.0 Å². The molecule has 11 nitrogen and oxygen atoms in total. The molecule has 1 fully saturated rings. The van der Waals surface area contributed by atoms with Crippen molar-refractivity contribution < 1.29 is 14.3 Å². The number of ether oxygens (including phenoxy) is 2. The van der Waals surface area contributed by atoms with Crippen molar-refractivity contribution in [1.29, 1.82) is 5.26 Å². The molecule has 1 aliphatic rings. The number of hydrogen-bond acceptors (Lipinski definition) is 9. The minimum atomic E-state index is -0.492. The second kappa shape index (κ2) is 11.9. The molecule has 1 amide bonds. The van der Waals surface area contributed by atoms with Crippen molar-refractivity contribution in [1.82, 2.24) is 25.1 Å². The average Bonchev–Trinajstić information content (AvgIpc) is 2.93. The number of H-pyrrole nitrogens is 1. The van der Waals surface area contributed by atoms with Crippen LogP contribution >= 0.6 is 0 Å². The van der Waals surface area contributed by atoms with E-state index in [0.717, 1.165) is 11.4 Å². The summed E-state index contributed by atoms with van der Waals surface area (Å²) in [6.45, 7) is 4.64. The van der Waals surface area contributed by atoms with Gasteiger partial charge in [-0.1, -0.05) is 0 Å². The van der Waals surface area contributed by atoms with Gasteiger partial charge in [-0.15, -0.1) is 0 Å². The first-order valence-corrected chi connectivity index (χ1v) is 11.6. The molecule has 4 rings (SSSR count). The Hall–Kier alpha value is -4.30. The van der Waals surface area contributed by atoms with E-state index in [0.29, 0.717) is 43.1 Å². The molecule has 4 heterocycles. The van der Waals surface area contributed by atoms with Gasteiger partial charge >= 0.3 is 0 Å². The number of rotatable bonds is 9. The van der Waals surface area contributed by atoms with E-state index in [2.05, 4.69) is 31.1 Å². The van der Waals surface area contributed by atoms with Crippen LogP contribution in [0.3, 0.4) is 0 Å². The molecular weight excluding hydrogens is 462 g/mol. The Morgan fingerprint density at radius 2 is 1.94 bits per heavy atom. The third-order valence-electron chi connectivity index (χ3n) is 5.97. The third kappa shape index (κ3) is 6.22. The third-order valence-corrected chi connectivity index (χ3v) is 5.97. The van der Waals surface area contributed by atoms with E-state index in [1.54, 1.807) is 31.6 Å². The molecule has 11 heteroatoms. The summed E-state index contributed by atoms with van der Waals surface area (Å²) >= 11 is 0. The zero-order valence-corrected chi connectivity index (χ0v) is 20.0. The van der Waals surface area contributed by atoms with Crippen molar-refractivity contribution >= 4 is 11.7 Å². The highest BCUT2D eigenvalue weighted by molar-refractivity contribution is 5.76. The van der Waals surface area contributed by atoms with Crippen LogP contribution in [0.2, 0.25) is 0 Å². The number of aromatic nitrogens is 4. The highest BCUT2D eigenvalue weighted by Crippen LogP contribution is 2.23. The second-order valence-electron chi connectivity index (χ2n) is 8.29. The molecule has 36 heavy (non-hydrogen) atoms. The molecule has 3 aromatic heterocycles. The van der Waals surface area contributed by atoms with Crippen LogP contribution in [0.1, 0.15) is 29.2 Å². The molecule has 3 aromatic rings. The molecule has 1 atom stereocenters. The van der Waals surface area contributed by atoms with Crippen LogP contribution in [0.25, 0.3) is 0 Å². The molecular formula is C25H27N7O4. The molecule has 0 aliphatic carbocycles. The van der Waals surface area contributed by atoms with Crippen LogP contribution in [-0.4, -0.2) is 70.4 Å². The first-order valence-electron chi connectivity index (χ1n) is 11.6. The average molecular weight is 490 g/mol. The van der Waals surface area contributed by atoms with E-state index in [1.807, 2.05) is 23.1 Å². The molecule has 1 saturated heterocycles.